The highest BCUT2D eigenvalue weighted by molar-refractivity contribution is 9.10. The summed E-state index contributed by atoms with van der Waals surface area (Å²) in [5.41, 5.74) is 5.72. The highest BCUT2D eigenvalue weighted by Crippen LogP contribution is 2.27. The molecule has 5 nitrogen and oxygen atoms in total. The average molecular weight is 390 g/mol. The third kappa shape index (κ3) is 4.10. The number of hydrogen-bond acceptors (Lipinski definition) is 5. The number of hydrogen-bond donors (Lipinski definition) is 2. The number of thiazole rings is 1. The van der Waals surface area contributed by atoms with Gasteiger partial charge in [-0.15, -0.1) is 11.3 Å². The van der Waals surface area contributed by atoms with Crippen molar-refractivity contribution < 1.29 is 8.42 Å². The molecule has 0 saturated heterocycles. The molecule has 0 atom stereocenters. The van der Waals surface area contributed by atoms with Gasteiger partial charge in [0.1, 0.15) is 5.01 Å². The molecule has 0 bridgehead atoms. The zero-order chi connectivity index (χ0) is 15.7. The van der Waals surface area contributed by atoms with Gasteiger partial charge in [-0.3, -0.25) is 0 Å². The van der Waals surface area contributed by atoms with Crippen molar-refractivity contribution in [3.63, 3.8) is 0 Å². The molecule has 0 radical (unpaired) electrons. The van der Waals surface area contributed by atoms with Gasteiger partial charge < -0.3 is 5.73 Å². The van der Waals surface area contributed by atoms with Crippen LogP contribution in [0.5, 0.6) is 0 Å². The first-order chi connectivity index (χ1) is 9.73. The van der Waals surface area contributed by atoms with Gasteiger partial charge in [-0.2, -0.15) is 0 Å². The second-order valence-corrected chi connectivity index (χ2v) is 8.59. The van der Waals surface area contributed by atoms with Crippen LogP contribution in [0.3, 0.4) is 0 Å². The molecule has 0 aliphatic carbocycles. The van der Waals surface area contributed by atoms with Gasteiger partial charge in [0.25, 0.3) is 10.0 Å². The highest BCUT2D eigenvalue weighted by Gasteiger charge is 2.27. The number of nitrogens with two attached hydrogens (primary N) is 1. The second-order valence-electron chi connectivity index (χ2n) is 5.19. The summed E-state index contributed by atoms with van der Waals surface area (Å²) >= 11 is 4.65. The number of nitrogens with zero attached hydrogens (tertiary/aromatic N) is 1. The fourth-order valence-electron chi connectivity index (χ4n) is 1.57. The van der Waals surface area contributed by atoms with E-state index in [-0.39, 0.29) is 11.6 Å². The topological polar surface area (TPSA) is 85.1 Å². The van der Waals surface area contributed by atoms with Gasteiger partial charge in [0.15, 0.2) is 5.03 Å². The van der Waals surface area contributed by atoms with Crippen LogP contribution in [0.4, 0.5) is 0 Å². The summed E-state index contributed by atoms with van der Waals surface area (Å²) in [4.78, 5) is 4.21. The fraction of sp³-hybridized carbons (Fsp3) is 0.308. The minimum Gasteiger partial charge on any atom is -0.329 e. The van der Waals surface area contributed by atoms with Crippen molar-refractivity contribution in [2.45, 2.75) is 24.4 Å². The maximum atomic E-state index is 12.3. The molecule has 1 aromatic carbocycles. The van der Waals surface area contributed by atoms with Crippen molar-refractivity contribution in [3.05, 3.63) is 34.1 Å². The Morgan fingerprint density at radius 2 is 1.95 bits per heavy atom. The van der Waals surface area contributed by atoms with Crippen LogP contribution in [0.25, 0.3) is 10.6 Å². The van der Waals surface area contributed by atoms with E-state index in [1.807, 2.05) is 24.3 Å². The highest BCUT2D eigenvalue weighted by atomic mass is 79.9. The third-order valence-corrected chi connectivity index (χ3v) is 5.92. The summed E-state index contributed by atoms with van der Waals surface area (Å²) < 4.78 is 28.1. The number of halogens is 1. The lowest BCUT2D eigenvalue weighted by Gasteiger charge is -2.22. The van der Waals surface area contributed by atoms with E-state index in [4.69, 9.17) is 5.73 Å². The van der Waals surface area contributed by atoms with Crippen molar-refractivity contribution in [3.8, 4) is 10.6 Å². The predicted molar refractivity (Wildman–Crippen MR) is 88.7 cm³/mol. The van der Waals surface area contributed by atoms with Crippen LogP contribution in [-0.4, -0.2) is 25.5 Å². The van der Waals surface area contributed by atoms with E-state index in [1.54, 1.807) is 13.8 Å². The quantitative estimate of drug-likeness (QED) is 0.822. The lowest BCUT2D eigenvalue weighted by molar-refractivity contribution is 0.461. The van der Waals surface area contributed by atoms with Gasteiger partial charge in [-0.1, -0.05) is 28.1 Å². The third-order valence-electron chi connectivity index (χ3n) is 2.77. The van der Waals surface area contributed by atoms with Crippen molar-refractivity contribution in [1.82, 2.24) is 9.71 Å². The first-order valence-electron chi connectivity index (χ1n) is 6.19. The summed E-state index contributed by atoms with van der Waals surface area (Å²) in [6, 6.07) is 7.55. The average Bonchev–Trinajstić information content (AvgIpc) is 2.89. The summed E-state index contributed by atoms with van der Waals surface area (Å²) in [6.45, 7) is 3.66. The van der Waals surface area contributed by atoms with E-state index in [1.165, 1.54) is 16.7 Å². The van der Waals surface area contributed by atoms with Gasteiger partial charge in [0, 0.05) is 27.5 Å². The lowest BCUT2D eigenvalue weighted by atomic mass is 10.1. The molecule has 0 spiro atoms. The summed E-state index contributed by atoms with van der Waals surface area (Å²) in [7, 11) is -3.67. The number of sulfonamides is 1. The maximum Gasteiger partial charge on any atom is 0.259 e. The number of nitrogens with one attached hydrogen (secondary N) is 1. The molecular weight excluding hydrogens is 374 g/mol. The molecule has 0 aliphatic rings. The molecule has 0 unspecified atom stereocenters. The summed E-state index contributed by atoms with van der Waals surface area (Å²) in [5.74, 6) is 0. The Hall–Kier alpha value is -0.800. The normalized spacial score (nSPS) is 12.6. The fourth-order valence-corrected chi connectivity index (χ4v) is 4.35. The first-order valence-corrected chi connectivity index (χ1v) is 9.35. The molecule has 8 heteroatoms. The van der Waals surface area contributed by atoms with Crippen LogP contribution in [0, 0.1) is 0 Å². The number of benzene rings is 1. The minimum absolute atomic E-state index is 0.0203. The molecular formula is C13H16BrN3O2S2. The molecule has 3 N–H and O–H groups in total. The van der Waals surface area contributed by atoms with E-state index in [0.29, 0.717) is 5.01 Å². The van der Waals surface area contributed by atoms with Crippen molar-refractivity contribution >= 4 is 37.3 Å². The van der Waals surface area contributed by atoms with Crippen LogP contribution in [-0.2, 0) is 10.0 Å². The van der Waals surface area contributed by atoms with Crippen LogP contribution in [0.15, 0.2) is 39.1 Å². The standard InChI is InChI=1S/C13H16BrN3O2S2/c1-13(2,8-15)17-21(18,19)11-7-20-12(16-11)9-3-5-10(14)6-4-9/h3-7,17H,8,15H2,1-2H3. The summed E-state index contributed by atoms with van der Waals surface area (Å²) in [6.07, 6.45) is 0. The Labute approximate surface area is 136 Å². The van der Waals surface area contributed by atoms with E-state index >= 15 is 0 Å². The summed E-state index contributed by atoms with van der Waals surface area (Å²) in [5, 5.41) is 2.21. The Balaban J connectivity index is 2.29. The zero-order valence-electron chi connectivity index (χ0n) is 11.6. The molecule has 0 fully saturated rings. The Kier molecular flexibility index (Phi) is 4.84. The SMILES string of the molecule is CC(C)(CN)NS(=O)(=O)c1csc(-c2ccc(Br)cc2)n1. The smallest absolute Gasteiger partial charge is 0.259 e. The van der Waals surface area contributed by atoms with Crippen LogP contribution >= 0.6 is 27.3 Å². The van der Waals surface area contributed by atoms with Crippen LogP contribution in [0.1, 0.15) is 13.8 Å². The molecule has 0 saturated carbocycles. The Morgan fingerprint density at radius 1 is 1.33 bits per heavy atom. The van der Waals surface area contributed by atoms with Gasteiger partial charge in [-0.05, 0) is 26.0 Å². The van der Waals surface area contributed by atoms with Gasteiger partial charge in [-0.25, -0.2) is 18.1 Å². The van der Waals surface area contributed by atoms with E-state index in [2.05, 4.69) is 25.6 Å². The molecule has 1 aromatic heterocycles. The molecule has 0 amide bonds. The Bertz CT molecular complexity index is 724. The largest absolute Gasteiger partial charge is 0.329 e. The molecule has 1 heterocycles. The minimum atomic E-state index is -3.67. The van der Waals surface area contributed by atoms with Gasteiger partial charge in [0.2, 0.25) is 0 Å². The van der Waals surface area contributed by atoms with Gasteiger partial charge in [0.05, 0.1) is 0 Å². The van der Waals surface area contributed by atoms with E-state index < -0.39 is 15.6 Å². The van der Waals surface area contributed by atoms with E-state index in [9.17, 15) is 8.42 Å². The van der Waals surface area contributed by atoms with Crippen molar-refractivity contribution in [1.29, 1.82) is 0 Å². The molecule has 0 aliphatic heterocycles. The van der Waals surface area contributed by atoms with Gasteiger partial charge >= 0.3 is 0 Å². The number of rotatable bonds is 5. The van der Waals surface area contributed by atoms with Crippen LogP contribution in [0.2, 0.25) is 0 Å². The number of aromatic nitrogens is 1. The van der Waals surface area contributed by atoms with Crippen molar-refractivity contribution in [2.24, 2.45) is 5.73 Å². The Morgan fingerprint density at radius 3 is 2.52 bits per heavy atom. The van der Waals surface area contributed by atoms with E-state index in [0.717, 1.165) is 10.0 Å². The molecule has 21 heavy (non-hydrogen) atoms. The first kappa shape index (κ1) is 16.6. The van der Waals surface area contributed by atoms with Crippen LogP contribution < -0.4 is 10.5 Å². The molecule has 2 aromatic rings. The second kappa shape index (κ2) is 6.13. The zero-order valence-corrected chi connectivity index (χ0v) is 14.8. The maximum absolute atomic E-state index is 12.3. The monoisotopic (exact) mass is 389 g/mol. The molecule has 2 rings (SSSR count). The lowest BCUT2D eigenvalue weighted by Crippen LogP contribution is -2.48. The predicted octanol–water partition coefficient (Wildman–Crippen LogP) is 2.59. The molecule has 114 valence electrons. The van der Waals surface area contributed by atoms with Crippen molar-refractivity contribution in [2.75, 3.05) is 6.54 Å².